The maximum absolute atomic E-state index is 5.29. The SMILES string of the molecule is CC1(C)C(c2ccccc2)=Nc2ccc3c4ccccc4n(-c4cccc(C5Cc6ccccc6C(C)(C)c6ccccc65)c4)c3c21. The molecule has 0 radical (unpaired) electrons. The summed E-state index contributed by atoms with van der Waals surface area (Å²) in [4.78, 5) is 5.29. The van der Waals surface area contributed by atoms with Gasteiger partial charge in [-0.15, -0.1) is 0 Å². The van der Waals surface area contributed by atoms with E-state index >= 15 is 0 Å². The standard InChI is InChI=1S/C45H38N2/c1-44(2)37-22-11-8-17-31(37)28-36(33-20-9-12-23-38(33)44)30-18-14-19-32(27-30)47-40-24-13-10-21-34(40)35-25-26-39-41(42(35)47)45(3,4)43(46-39)29-15-6-5-7-16-29/h5-27,36H,28H2,1-4H3. The summed E-state index contributed by atoms with van der Waals surface area (Å²) in [6.07, 6.45) is 0.976. The van der Waals surface area contributed by atoms with Crippen molar-refractivity contribution in [3.63, 3.8) is 0 Å². The Morgan fingerprint density at radius 1 is 0.617 bits per heavy atom. The van der Waals surface area contributed by atoms with Crippen LogP contribution in [0.1, 0.15) is 72.6 Å². The number of aliphatic imine (C=N–C) groups is 1. The smallest absolute Gasteiger partial charge is 0.0696 e. The van der Waals surface area contributed by atoms with E-state index in [0.717, 1.165) is 17.8 Å². The highest BCUT2D eigenvalue weighted by Gasteiger charge is 2.39. The monoisotopic (exact) mass is 606 g/mol. The predicted octanol–water partition coefficient (Wildman–Crippen LogP) is 11.2. The minimum absolute atomic E-state index is 0.0744. The third kappa shape index (κ3) is 4.07. The maximum atomic E-state index is 5.29. The van der Waals surface area contributed by atoms with Gasteiger partial charge in [0, 0.05) is 38.8 Å². The van der Waals surface area contributed by atoms with Crippen LogP contribution in [0.25, 0.3) is 27.5 Å². The van der Waals surface area contributed by atoms with Crippen molar-refractivity contribution in [2.75, 3.05) is 0 Å². The van der Waals surface area contributed by atoms with Crippen molar-refractivity contribution < 1.29 is 0 Å². The molecule has 0 bridgehead atoms. The van der Waals surface area contributed by atoms with Crippen molar-refractivity contribution in [2.24, 2.45) is 4.99 Å². The maximum Gasteiger partial charge on any atom is 0.0696 e. The molecule has 0 spiro atoms. The lowest BCUT2D eigenvalue weighted by Gasteiger charge is -2.28. The van der Waals surface area contributed by atoms with Crippen LogP contribution >= 0.6 is 0 Å². The van der Waals surface area contributed by atoms with Gasteiger partial charge in [-0.1, -0.05) is 129 Å². The Hall–Kier alpha value is -5.21. The third-order valence-electron chi connectivity index (χ3n) is 11.0. The molecule has 0 N–H and O–H groups in total. The van der Waals surface area contributed by atoms with Crippen LogP contribution in [0.3, 0.4) is 0 Å². The Balaban J connectivity index is 1.27. The predicted molar refractivity (Wildman–Crippen MR) is 197 cm³/mol. The summed E-state index contributed by atoms with van der Waals surface area (Å²) in [6, 6.07) is 51.6. The largest absolute Gasteiger partial charge is 0.309 e. The number of rotatable bonds is 3. The Labute approximate surface area is 277 Å². The first-order valence-corrected chi connectivity index (χ1v) is 16.8. The van der Waals surface area contributed by atoms with Gasteiger partial charge >= 0.3 is 0 Å². The van der Waals surface area contributed by atoms with Crippen LogP contribution in [0, 0.1) is 0 Å². The second kappa shape index (κ2) is 10.1. The van der Waals surface area contributed by atoms with Gasteiger partial charge in [0.25, 0.3) is 0 Å². The third-order valence-corrected chi connectivity index (χ3v) is 11.0. The summed E-state index contributed by atoms with van der Waals surface area (Å²) >= 11 is 0. The van der Waals surface area contributed by atoms with Gasteiger partial charge in [-0.2, -0.15) is 0 Å². The molecule has 2 heterocycles. The molecule has 1 atom stereocenters. The van der Waals surface area contributed by atoms with Crippen LogP contribution < -0.4 is 0 Å². The summed E-state index contributed by atoms with van der Waals surface area (Å²) in [7, 11) is 0. The topological polar surface area (TPSA) is 17.3 Å². The highest BCUT2D eigenvalue weighted by Crippen LogP contribution is 2.49. The average molecular weight is 607 g/mol. The summed E-state index contributed by atoms with van der Waals surface area (Å²) in [5.41, 5.74) is 15.1. The first-order valence-electron chi connectivity index (χ1n) is 16.8. The molecule has 1 aliphatic carbocycles. The van der Waals surface area contributed by atoms with Crippen LogP contribution in [-0.4, -0.2) is 10.3 Å². The lowest BCUT2D eigenvalue weighted by atomic mass is 9.75. The van der Waals surface area contributed by atoms with Gasteiger partial charge < -0.3 is 4.57 Å². The minimum Gasteiger partial charge on any atom is -0.309 e. The molecule has 6 aromatic carbocycles. The zero-order valence-electron chi connectivity index (χ0n) is 27.5. The van der Waals surface area contributed by atoms with Crippen LogP contribution in [0.15, 0.2) is 145 Å². The van der Waals surface area contributed by atoms with Gasteiger partial charge in [-0.05, 0) is 77.9 Å². The summed E-state index contributed by atoms with van der Waals surface area (Å²) in [5.74, 6) is 0.248. The van der Waals surface area contributed by atoms with E-state index < -0.39 is 0 Å². The van der Waals surface area contributed by atoms with Crippen molar-refractivity contribution in [1.29, 1.82) is 0 Å². The molecule has 2 heteroatoms. The van der Waals surface area contributed by atoms with Gasteiger partial charge in [0.05, 0.1) is 22.4 Å². The van der Waals surface area contributed by atoms with Crippen LogP contribution in [0.5, 0.6) is 0 Å². The lowest BCUT2D eigenvalue weighted by Crippen LogP contribution is -2.27. The second-order valence-electron chi connectivity index (χ2n) is 14.4. The molecule has 7 aromatic rings. The van der Waals surface area contributed by atoms with Crippen molar-refractivity contribution in [1.82, 2.24) is 4.57 Å². The van der Waals surface area contributed by atoms with E-state index in [1.54, 1.807) is 0 Å². The first-order chi connectivity index (χ1) is 22.8. The van der Waals surface area contributed by atoms with E-state index in [9.17, 15) is 0 Å². The van der Waals surface area contributed by atoms with E-state index in [4.69, 9.17) is 4.99 Å². The number of para-hydroxylation sites is 1. The molecule has 9 rings (SSSR count). The molecule has 1 aliphatic heterocycles. The van der Waals surface area contributed by atoms with E-state index in [2.05, 4.69) is 172 Å². The van der Waals surface area contributed by atoms with E-state index in [1.165, 1.54) is 66.4 Å². The molecule has 2 aliphatic rings. The van der Waals surface area contributed by atoms with Crippen LogP contribution in [0.2, 0.25) is 0 Å². The Morgan fingerprint density at radius 3 is 2.19 bits per heavy atom. The van der Waals surface area contributed by atoms with Crippen LogP contribution in [0.4, 0.5) is 5.69 Å². The lowest BCUT2D eigenvalue weighted by molar-refractivity contribution is 0.635. The van der Waals surface area contributed by atoms with Gasteiger partial charge in [-0.25, -0.2) is 0 Å². The molecule has 0 saturated carbocycles. The fourth-order valence-corrected chi connectivity index (χ4v) is 8.76. The molecule has 0 saturated heterocycles. The normalized spacial score (nSPS) is 17.5. The molecular formula is C45H38N2. The summed E-state index contributed by atoms with van der Waals surface area (Å²) < 4.78 is 2.51. The molecule has 47 heavy (non-hydrogen) atoms. The summed E-state index contributed by atoms with van der Waals surface area (Å²) in [5, 5.41) is 2.55. The highest BCUT2D eigenvalue weighted by atomic mass is 15.0. The molecular weight excluding hydrogens is 569 g/mol. The Morgan fingerprint density at radius 2 is 1.34 bits per heavy atom. The number of benzene rings is 6. The highest BCUT2D eigenvalue weighted by molar-refractivity contribution is 6.19. The zero-order chi connectivity index (χ0) is 31.9. The number of hydrogen-bond acceptors (Lipinski definition) is 1. The van der Waals surface area contributed by atoms with Crippen LogP contribution in [-0.2, 0) is 17.3 Å². The first kappa shape index (κ1) is 28.0. The van der Waals surface area contributed by atoms with E-state index in [-0.39, 0.29) is 16.7 Å². The fourth-order valence-electron chi connectivity index (χ4n) is 8.76. The average Bonchev–Trinajstić information content (AvgIpc) is 3.55. The number of aromatic nitrogens is 1. The summed E-state index contributed by atoms with van der Waals surface area (Å²) in [6.45, 7) is 9.44. The fraction of sp³-hybridized carbons (Fsp3) is 0.178. The van der Waals surface area contributed by atoms with Gasteiger partial charge in [0.15, 0.2) is 0 Å². The van der Waals surface area contributed by atoms with Gasteiger partial charge in [-0.3, -0.25) is 4.99 Å². The Kier molecular flexibility index (Phi) is 6.05. The number of hydrogen-bond donors (Lipinski definition) is 0. The van der Waals surface area contributed by atoms with Crippen molar-refractivity contribution in [3.05, 3.63) is 178 Å². The Bertz CT molecular complexity index is 2390. The molecule has 1 unspecified atom stereocenters. The van der Waals surface area contributed by atoms with E-state index in [0.29, 0.717) is 0 Å². The molecule has 228 valence electrons. The molecule has 1 aromatic heterocycles. The van der Waals surface area contributed by atoms with Crippen molar-refractivity contribution >= 4 is 33.2 Å². The number of nitrogens with zero attached hydrogens (tertiary/aromatic N) is 2. The van der Waals surface area contributed by atoms with Crippen molar-refractivity contribution in [2.45, 2.75) is 50.9 Å². The van der Waals surface area contributed by atoms with Gasteiger partial charge in [0.2, 0.25) is 0 Å². The zero-order valence-corrected chi connectivity index (χ0v) is 27.5. The number of fused-ring (bicyclic) bond motifs is 7. The minimum atomic E-state index is -0.268. The second-order valence-corrected chi connectivity index (χ2v) is 14.4. The molecule has 0 amide bonds. The van der Waals surface area contributed by atoms with Crippen molar-refractivity contribution in [3.8, 4) is 5.69 Å². The quantitative estimate of drug-likeness (QED) is 0.190. The van der Waals surface area contributed by atoms with Gasteiger partial charge in [0.1, 0.15) is 0 Å². The van der Waals surface area contributed by atoms with E-state index in [1.807, 2.05) is 0 Å². The molecule has 2 nitrogen and oxygen atoms in total. The molecule has 0 fully saturated rings.